The SMILES string of the molecule is CC(=O)OCC1O[C@@H](O[Si](C)(C)C(C)(C)C(C)C)C(N=[N+]=[N-])[C@@H](C)[C@@H]1O[C@@H]1OC2COC(c3ccccc3)O[C@H]2[C@H](C)C1OC(C)=O. The Morgan fingerprint density at radius 1 is 1.02 bits per heavy atom. The molecule has 3 aliphatic rings. The molecule has 1 aromatic rings. The second kappa shape index (κ2) is 15.3. The Labute approximate surface area is 278 Å². The van der Waals surface area contributed by atoms with Crippen molar-refractivity contribution in [3.8, 4) is 0 Å². The summed E-state index contributed by atoms with van der Waals surface area (Å²) < 4.78 is 49.9. The molecule has 0 aliphatic carbocycles. The Morgan fingerprint density at radius 2 is 1.70 bits per heavy atom. The maximum Gasteiger partial charge on any atom is 0.303 e. The van der Waals surface area contributed by atoms with Crippen LogP contribution in [0.25, 0.3) is 10.4 Å². The van der Waals surface area contributed by atoms with Crippen LogP contribution in [0.15, 0.2) is 35.4 Å². The first kappa shape index (κ1) is 37.3. The number of benzene rings is 1. The minimum atomic E-state index is -2.48. The Kier molecular flexibility index (Phi) is 12.2. The van der Waals surface area contributed by atoms with Crippen LogP contribution in [0.1, 0.15) is 67.2 Å². The maximum absolute atomic E-state index is 12.3. The van der Waals surface area contributed by atoms with Crippen LogP contribution < -0.4 is 0 Å². The topological polar surface area (TPSA) is 157 Å². The Morgan fingerprint density at radius 3 is 2.30 bits per heavy atom. The average Bonchev–Trinajstić information content (AvgIpc) is 3.01. The first-order chi connectivity index (χ1) is 22.1. The van der Waals surface area contributed by atoms with Crippen molar-refractivity contribution in [2.75, 3.05) is 13.2 Å². The largest absolute Gasteiger partial charge is 0.463 e. The van der Waals surface area contributed by atoms with Crippen molar-refractivity contribution in [1.29, 1.82) is 0 Å². The molecule has 4 rings (SSSR count). The molecule has 0 spiro atoms. The fourth-order valence-corrected chi connectivity index (χ4v) is 8.79. The lowest BCUT2D eigenvalue weighted by Gasteiger charge is -2.52. The van der Waals surface area contributed by atoms with E-state index in [2.05, 4.69) is 50.8 Å². The molecular weight excluding hydrogens is 626 g/mol. The van der Waals surface area contributed by atoms with Crippen LogP contribution in [0, 0.1) is 17.8 Å². The van der Waals surface area contributed by atoms with E-state index in [9.17, 15) is 15.1 Å². The highest BCUT2D eigenvalue weighted by atomic mass is 28.4. The lowest BCUT2D eigenvalue weighted by molar-refractivity contribution is -0.369. The van der Waals surface area contributed by atoms with Crippen molar-refractivity contribution in [2.45, 2.75) is 129 Å². The van der Waals surface area contributed by atoms with E-state index >= 15 is 0 Å². The van der Waals surface area contributed by atoms with Crippen LogP contribution >= 0.6 is 0 Å². The van der Waals surface area contributed by atoms with Gasteiger partial charge in [-0.15, -0.1) is 0 Å². The zero-order valence-electron chi connectivity index (χ0n) is 29.2. The highest BCUT2D eigenvalue weighted by Gasteiger charge is 2.55. The molecule has 5 unspecified atom stereocenters. The number of azide groups is 1. The molecule has 14 heteroatoms. The summed E-state index contributed by atoms with van der Waals surface area (Å²) in [5.74, 6) is -1.50. The summed E-state index contributed by atoms with van der Waals surface area (Å²) in [6.45, 7) is 19.4. The zero-order valence-corrected chi connectivity index (χ0v) is 30.2. The van der Waals surface area contributed by atoms with Gasteiger partial charge in [0.25, 0.3) is 0 Å². The molecule has 11 atom stereocenters. The third-order valence-electron chi connectivity index (χ3n) is 10.4. The Bertz CT molecular complexity index is 1280. The maximum atomic E-state index is 12.3. The van der Waals surface area contributed by atoms with Gasteiger partial charge in [-0.1, -0.05) is 77.0 Å². The van der Waals surface area contributed by atoms with Gasteiger partial charge in [0.05, 0.1) is 24.9 Å². The van der Waals surface area contributed by atoms with Crippen LogP contribution in [0.2, 0.25) is 18.1 Å². The van der Waals surface area contributed by atoms with Gasteiger partial charge in [0.15, 0.2) is 33.3 Å². The average molecular weight is 678 g/mol. The number of rotatable bonds is 11. The molecule has 3 saturated heterocycles. The standard InChI is InChI=1S/C33H51N3O10Si/c1-18(2)33(7,8)47(9,10)46-31-26(35-36-34)19(3)27(24(42-31)16-39-21(5)37)45-32-29(41-22(6)38)20(4)28-25(43-32)17-40-30(44-28)23-14-12-11-13-15-23/h11-15,18-20,24-32H,16-17H2,1-10H3/t19-,20+,24?,25?,26?,27+,28+,29?,30?,31+,32+/m1/s1. The molecule has 1 aromatic carbocycles. The smallest absolute Gasteiger partial charge is 0.303 e. The summed E-state index contributed by atoms with van der Waals surface area (Å²) in [6.07, 6.45) is -6.02. The molecule has 3 fully saturated rings. The fraction of sp³-hybridized carbons (Fsp3) is 0.758. The minimum absolute atomic E-state index is 0.139. The van der Waals surface area contributed by atoms with Gasteiger partial charge in [-0.05, 0) is 35.5 Å². The van der Waals surface area contributed by atoms with Gasteiger partial charge in [0, 0.05) is 30.2 Å². The van der Waals surface area contributed by atoms with Gasteiger partial charge in [0.1, 0.15) is 18.8 Å². The summed E-state index contributed by atoms with van der Waals surface area (Å²) in [5.41, 5.74) is 10.5. The predicted octanol–water partition coefficient (Wildman–Crippen LogP) is 6.04. The zero-order chi connectivity index (χ0) is 34.7. The van der Waals surface area contributed by atoms with E-state index in [1.165, 1.54) is 13.8 Å². The van der Waals surface area contributed by atoms with Gasteiger partial charge in [-0.25, -0.2) is 0 Å². The summed E-state index contributed by atoms with van der Waals surface area (Å²) in [6, 6.07) is 8.81. The molecule has 3 aliphatic heterocycles. The first-order valence-corrected chi connectivity index (χ1v) is 19.3. The van der Waals surface area contributed by atoms with Gasteiger partial charge in [0.2, 0.25) is 0 Å². The number of ether oxygens (including phenoxy) is 7. The summed E-state index contributed by atoms with van der Waals surface area (Å²) in [7, 11) is -2.48. The molecule has 0 amide bonds. The van der Waals surface area contributed by atoms with Crippen LogP contribution in [-0.4, -0.2) is 82.6 Å². The normalized spacial score (nSPS) is 34.6. The second-order valence-corrected chi connectivity index (χ2v) is 18.7. The van der Waals surface area contributed by atoms with Crippen LogP contribution in [0.4, 0.5) is 0 Å². The van der Waals surface area contributed by atoms with E-state index in [0.717, 1.165) is 5.56 Å². The van der Waals surface area contributed by atoms with Crippen LogP contribution in [0.3, 0.4) is 0 Å². The molecule has 0 bridgehead atoms. The molecular formula is C33H51N3O10Si. The van der Waals surface area contributed by atoms with Crippen molar-refractivity contribution in [3.05, 3.63) is 46.3 Å². The van der Waals surface area contributed by atoms with Crippen molar-refractivity contribution in [1.82, 2.24) is 0 Å². The number of carbonyl (C=O) groups excluding carboxylic acids is 2. The molecule has 0 saturated carbocycles. The van der Waals surface area contributed by atoms with E-state index in [1.54, 1.807) is 0 Å². The molecule has 0 N–H and O–H groups in total. The van der Waals surface area contributed by atoms with Gasteiger partial charge < -0.3 is 37.6 Å². The number of carbonyl (C=O) groups is 2. The highest BCUT2D eigenvalue weighted by Crippen LogP contribution is 2.47. The molecule has 0 aromatic heterocycles. The van der Waals surface area contributed by atoms with Crippen LogP contribution in [-0.2, 0) is 47.2 Å². The van der Waals surface area contributed by atoms with E-state index < -0.39 is 81.6 Å². The number of hydrogen-bond acceptors (Lipinski definition) is 11. The lowest BCUT2D eigenvalue weighted by atomic mass is 9.87. The van der Waals surface area contributed by atoms with E-state index in [4.69, 9.17) is 37.6 Å². The van der Waals surface area contributed by atoms with E-state index in [0.29, 0.717) is 5.92 Å². The number of fused-ring (bicyclic) bond motifs is 1. The van der Waals surface area contributed by atoms with Crippen molar-refractivity contribution >= 4 is 20.3 Å². The van der Waals surface area contributed by atoms with Crippen molar-refractivity contribution in [3.63, 3.8) is 0 Å². The highest BCUT2D eigenvalue weighted by molar-refractivity contribution is 6.74. The second-order valence-electron chi connectivity index (χ2n) is 14.2. The summed E-state index contributed by atoms with van der Waals surface area (Å²) in [5, 5.41) is 3.96. The molecule has 0 radical (unpaired) electrons. The Balaban J connectivity index is 1.61. The molecule has 13 nitrogen and oxygen atoms in total. The quantitative estimate of drug-likeness (QED) is 0.0889. The molecule has 47 heavy (non-hydrogen) atoms. The lowest BCUT2D eigenvalue weighted by Crippen LogP contribution is -2.63. The third-order valence-corrected chi connectivity index (χ3v) is 14.9. The monoisotopic (exact) mass is 677 g/mol. The van der Waals surface area contributed by atoms with Gasteiger partial charge in [-0.2, -0.15) is 0 Å². The van der Waals surface area contributed by atoms with Gasteiger partial charge in [-0.3, -0.25) is 9.59 Å². The predicted molar refractivity (Wildman–Crippen MR) is 173 cm³/mol. The van der Waals surface area contributed by atoms with Gasteiger partial charge >= 0.3 is 11.9 Å². The van der Waals surface area contributed by atoms with Crippen molar-refractivity contribution < 1.29 is 47.2 Å². The third kappa shape index (κ3) is 8.37. The van der Waals surface area contributed by atoms with Crippen molar-refractivity contribution in [2.24, 2.45) is 22.9 Å². The summed E-state index contributed by atoms with van der Waals surface area (Å²) in [4.78, 5) is 27.4. The number of hydrogen-bond donors (Lipinski definition) is 0. The number of esters is 2. The van der Waals surface area contributed by atoms with Crippen LogP contribution in [0.5, 0.6) is 0 Å². The molecule has 3 heterocycles. The fourth-order valence-electron chi connectivity index (χ4n) is 6.32. The Hall–Kier alpha value is -2.55. The van der Waals surface area contributed by atoms with E-state index in [1.807, 2.05) is 44.2 Å². The summed E-state index contributed by atoms with van der Waals surface area (Å²) >= 11 is 0. The first-order valence-electron chi connectivity index (χ1n) is 16.4. The molecule has 262 valence electrons. The number of nitrogens with zero attached hydrogens (tertiary/aromatic N) is 3. The van der Waals surface area contributed by atoms with E-state index in [-0.39, 0.29) is 24.2 Å². The minimum Gasteiger partial charge on any atom is -0.463 e.